The van der Waals surface area contributed by atoms with Gasteiger partial charge in [-0.25, -0.2) is 4.39 Å². The average Bonchev–Trinajstić information content (AvgIpc) is 3.15. The Morgan fingerprint density at radius 3 is 2.46 bits per heavy atom. The van der Waals surface area contributed by atoms with E-state index in [0.29, 0.717) is 25.1 Å². The second-order valence-electron chi connectivity index (χ2n) is 7.14. The van der Waals surface area contributed by atoms with Crippen molar-refractivity contribution in [2.45, 2.75) is 44.6 Å². The molecule has 2 fully saturated rings. The van der Waals surface area contributed by atoms with Crippen molar-refractivity contribution in [1.82, 2.24) is 9.62 Å². The smallest absolute Gasteiger partial charge is 0.303 e. The van der Waals surface area contributed by atoms with Gasteiger partial charge >= 0.3 is 10.2 Å². The lowest BCUT2D eigenvalue weighted by atomic mass is 9.98. The molecule has 3 rings (SSSR count). The summed E-state index contributed by atoms with van der Waals surface area (Å²) in [4.78, 5) is 12.5. The third-order valence-electron chi connectivity index (χ3n) is 5.32. The predicted molar refractivity (Wildman–Crippen MR) is 98.4 cm³/mol. The molecule has 1 aromatic rings. The summed E-state index contributed by atoms with van der Waals surface area (Å²) in [5.74, 6) is -0.775. The van der Waals surface area contributed by atoms with E-state index in [-0.39, 0.29) is 24.4 Å². The zero-order chi connectivity index (χ0) is 18.7. The summed E-state index contributed by atoms with van der Waals surface area (Å²) in [5.41, 5.74) is 0.393. The number of hydrogen-bond donors (Lipinski definition) is 1. The summed E-state index contributed by atoms with van der Waals surface area (Å²) >= 11 is 0. The molecule has 1 aliphatic carbocycles. The van der Waals surface area contributed by atoms with Crippen molar-refractivity contribution in [3.63, 3.8) is 0 Å². The number of benzene rings is 1. The zero-order valence-corrected chi connectivity index (χ0v) is 15.8. The lowest BCUT2D eigenvalue weighted by molar-refractivity contribution is -0.126. The van der Waals surface area contributed by atoms with Gasteiger partial charge in [0, 0.05) is 26.2 Å². The quantitative estimate of drug-likeness (QED) is 0.848. The highest BCUT2D eigenvalue weighted by Gasteiger charge is 2.35. The number of nitrogens with zero attached hydrogens (tertiary/aromatic N) is 2. The molecule has 1 amide bonds. The van der Waals surface area contributed by atoms with Gasteiger partial charge in [0.1, 0.15) is 5.82 Å². The Labute approximate surface area is 154 Å². The first-order valence-electron chi connectivity index (χ1n) is 9.18. The van der Waals surface area contributed by atoms with Crippen LogP contribution in [0.25, 0.3) is 0 Å². The first-order chi connectivity index (χ1) is 12.4. The van der Waals surface area contributed by atoms with E-state index in [9.17, 15) is 17.6 Å². The third-order valence-corrected chi connectivity index (χ3v) is 7.21. The molecule has 6 nitrogen and oxygen atoms in total. The minimum absolute atomic E-state index is 0.0405. The van der Waals surface area contributed by atoms with Crippen molar-refractivity contribution < 1.29 is 17.6 Å². The average molecular weight is 383 g/mol. The maximum absolute atomic E-state index is 13.1. The van der Waals surface area contributed by atoms with Gasteiger partial charge in [-0.2, -0.15) is 12.7 Å². The fraction of sp³-hybridized carbons (Fsp3) is 0.611. The van der Waals surface area contributed by atoms with Crippen molar-refractivity contribution in [1.29, 1.82) is 0 Å². The molecule has 1 atom stereocenters. The second kappa shape index (κ2) is 7.92. The first kappa shape index (κ1) is 19.1. The molecule has 26 heavy (non-hydrogen) atoms. The number of halogens is 1. The van der Waals surface area contributed by atoms with Crippen LogP contribution in [0.5, 0.6) is 0 Å². The highest BCUT2D eigenvalue weighted by molar-refractivity contribution is 7.90. The largest absolute Gasteiger partial charge is 0.353 e. The number of carbonyl (C=O) groups excluding carboxylic acids is 1. The Morgan fingerprint density at radius 1 is 1.15 bits per heavy atom. The maximum Gasteiger partial charge on any atom is 0.303 e. The Morgan fingerprint density at radius 2 is 1.81 bits per heavy atom. The normalized spacial score (nSPS) is 22.3. The molecule has 1 aliphatic heterocycles. The molecule has 144 valence electrons. The fourth-order valence-corrected chi connectivity index (χ4v) is 5.18. The van der Waals surface area contributed by atoms with Crippen molar-refractivity contribution in [3.8, 4) is 0 Å². The van der Waals surface area contributed by atoms with Crippen LogP contribution in [0.3, 0.4) is 0 Å². The zero-order valence-electron chi connectivity index (χ0n) is 15.0. The number of rotatable bonds is 5. The summed E-state index contributed by atoms with van der Waals surface area (Å²) in [7, 11) is -2.31. The third kappa shape index (κ3) is 4.17. The van der Waals surface area contributed by atoms with Crippen molar-refractivity contribution in [3.05, 3.63) is 30.1 Å². The van der Waals surface area contributed by atoms with Crippen molar-refractivity contribution in [2.75, 3.05) is 24.4 Å². The van der Waals surface area contributed by atoms with E-state index < -0.39 is 16.0 Å². The summed E-state index contributed by atoms with van der Waals surface area (Å²) in [5, 5.41) is 3.07. The molecule has 2 aliphatic rings. The van der Waals surface area contributed by atoms with Crippen LogP contribution in [0, 0.1) is 11.7 Å². The Hall–Kier alpha value is -1.67. The summed E-state index contributed by atoms with van der Waals surface area (Å²) < 4.78 is 41.4. The molecular formula is C18H26FN3O3S. The molecule has 1 N–H and O–H groups in total. The molecule has 1 saturated carbocycles. The molecule has 1 saturated heterocycles. The van der Waals surface area contributed by atoms with Crippen LogP contribution >= 0.6 is 0 Å². The van der Waals surface area contributed by atoms with Crippen LogP contribution in [0.1, 0.15) is 38.5 Å². The molecular weight excluding hydrogens is 357 g/mol. The lowest BCUT2D eigenvalue weighted by Gasteiger charge is -2.34. The van der Waals surface area contributed by atoms with Gasteiger partial charge in [0.2, 0.25) is 5.91 Å². The van der Waals surface area contributed by atoms with E-state index in [1.807, 2.05) is 0 Å². The SMILES string of the molecule is CN(c1ccc(F)cc1)S(=O)(=O)N1CCCC(C(=O)NC2CCCC2)C1. The number of anilines is 1. The molecule has 0 bridgehead atoms. The minimum atomic E-state index is -3.76. The lowest BCUT2D eigenvalue weighted by Crippen LogP contribution is -2.50. The van der Waals surface area contributed by atoms with E-state index in [1.54, 1.807) is 0 Å². The fourth-order valence-electron chi connectivity index (χ4n) is 3.71. The Balaban J connectivity index is 1.67. The van der Waals surface area contributed by atoms with Gasteiger partial charge in [0.25, 0.3) is 0 Å². The van der Waals surface area contributed by atoms with Crippen LogP contribution < -0.4 is 9.62 Å². The van der Waals surface area contributed by atoms with Gasteiger partial charge in [0.15, 0.2) is 0 Å². The summed E-state index contributed by atoms with van der Waals surface area (Å²) in [6.07, 6.45) is 5.64. The van der Waals surface area contributed by atoms with E-state index in [0.717, 1.165) is 30.0 Å². The van der Waals surface area contributed by atoms with Crippen LogP contribution in [0.2, 0.25) is 0 Å². The second-order valence-corrected chi connectivity index (χ2v) is 9.10. The molecule has 8 heteroatoms. The van der Waals surface area contributed by atoms with Crippen LogP contribution in [0.4, 0.5) is 10.1 Å². The van der Waals surface area contributed by atoms with E-state index >= 15 is 0 Å². The molecule has 0 spiro atoms. The van der Waals surface area contributed by atoms with Gasteiger partial charge < -0.3 is 5.32 Å². The van der Waals surface area contributed by atoms with E-state index in [1.165, 1.54) is 35.6 Å². The number of amides is 1. The number of carbonyl (C=O) groups is 1. The van der Waals surface area contributed by atoms with Gasteiger partial charge in [-0.3, -0.25) is 9.10 Å². The topological polar surface area (TPSA) is 69.7 Å². The summed E-state index contributed by atoms with van der Waals surface area (Å²) in [6.45, 7) is 0.577. The highest BCUT2D eigenvalue weighted by Crippen LogP contribution is 2.25. The van der Waals surface area contributed by atoms with Gasteiger partial charge in [-0.1, -0.05) is 12.8 Å². The first-order valence-corrected chi connectivity index (χ1v) is 10.6. The molecule has 1 heterocycles. The predicted octanol–water partition coefficient (Wildman–Crippen LogP) is 2.28. The Kier molecular flexibility index (Phi) is 5.82. The summed E-state index contributed by atoms with van der Waals surface area (Å²) in [6, 6.07) is 5.56. The van der Waals surface area contributed by atoms with Crippen molar-refractivity contribution in [2.24, 2.45) is 5.92 Å². The molecule has 1 unspecified atom stereocenters. The molecule has 0 aromatic heterocycles. The van der Waals surface area contributed by atoms with E-state index in [4.69, 9.17) is 0 Å². The van der Waals surface area contributed by atoms with Crippen LogP contribution in [-0.2, 0) is 15.0 Å². The number of nitrogens with one attached hydrogen (secondary N) is 1. The highest BCUT2D eigenvalue weighted by atomic mass is 32.2. The van der Waals surface area contributed by atoms with Crippen molar-refractivity contribution >= 4 is 21.8 Å². The maximum atomic E-state index is 13.1. The van der Waals surface area contributed by atoms with Crippen LogP contribution in [-0.4, -0.2) is 44.8 Å². The molecule has 0 radical (unpaired) electrons. The van der Waals surface area contributed by atoms with Gasteiger partial charge in [-0.15, -0.1) is 0 Å². The Bertz CT molecular complexity index is 733. The molecule has 1 aromatic carbocycles. The monoisotopic (exact) mass is 383 g/mol. The van der Waals surface area contributed by atoms with Gasteiger partial charge in [0.05, 0.1) is 11.6 Å². The standard InChI is InChI=1S/C18H26FN3O3S/c1-21(17-10-8-15(19)9-11-17)26(24,25)22-12-4-5-14(13-22)18(23)20-16-6-2-3-7-16/h8-11,14,16H,2-7,12-13H2,1H3,(H,20,23). The number of piperidine rings is 1. The van der Waals surface area contributed by atoms with Gasteiger partial charge in [-0.05, 0) is 49.9 Å². The van der Waals surface area contributed by atoms with Crippen LogP contribution in [0.15, 0.2) is 24.3 Å². The minimum Gasteiger partial charge on any atom is -0.353 e. The van der Waals surface area contributed by atoms with E-state index in [2.05, 4.69) is 5.32 Å². The number of hydrogen-bond acceptors (Lipinski definition) is 3.